The van der Waals surface area contributed by atoms with E-state index in [2.05, 4.69) is 4.98 Å². The van der Waals surface area contributed by atoms with Gasteiger partial charge in [0.1, 0.15) is 0 Å². The van der Waals surface area contributed by atoms with Crippen molar-refractivity contribution >= 4 is 17.4 Å². The summed E-state index contributed by atoms with van der Waals surface area (Å²) < 4.78 is 0. The molecule has 0 atom stereocenters. The minimum atomic E-state index is -0.0377. The number of rotatable bonds is 2. The highest BCUT2D eigenvalue weighted by atomic mass is 35.5. The fourth-order valence-corrected chi connectivity index (χ4v) is 1.58. The Morgan fingerprint density at radius 2 is 1.81 bits per heavy atom. The van der Waals surface area contributed by atoms with Gasteiger partial charge in [0.25, 0.3) is 0 Å². The van der Waals surface area contributed by atoms with Gasteiger partial charge in [-0.25, -0.2) is 0 Å². The normalized spacial score (nSPS) is 10.1. The van der Waals surface area contributed by atoms with E-state index in [1.165, 1.54) is 0 Å². The van der Waals surface area contributed by atoms with Crippen LogP contribution in [0.2, 0.25) is 5.02 Å². The smallest absolute Gasteiger partial charge is 0.193 e. The first-order chi connectivity index (χ1) is 7.68. The Morgan fingerprint density at radius 3 is 2.44 bits per heavy atom. The van der Waals surface area contributed by atoms with E-state index >= 15 is 0 Å². The average Bonchev–Trinajstić information content (AvgIpc) is 2.33. The highest BCUT2D eigenvalue weighted by molar-refractivity contribution is 6.31. The first-order valence-corrected chi connectivity index (χ1v) is 5.27. The number of aromatic nitrogens is 1. The van der Waals surface area contributed by atoms with Crippen molar-refractivity contribution in [2.45, 2.75) is 6.92 Å². The largest absolute Gasteiger partial charge is 0.289 e. The van der Waals surface area contributed by atoms with Crippen LogP contribution in [-0.2, 0) is 0 Å². The number of carbonyl (C=O) groups excluding carboxylic acids is 1. The van der Waals surface area contributed by atoms with Gasteiger partial charge in [-0.2, -0.15) is 0 Å². The summed E-state index contributed by atoms with van der Waals surface area (Å²) in [7, 11) is 0. The Kier molecular flexibility index (Phi) is 3.02. The zero-order valence-corrected chi connectivity index (χ0v) is 9.53. The molecule has 0 aliphatic carbocycles. The predicted molar refractivity (Wildman–Crippen MR) is 63.9 cm³/mol. The third kappa shape index (κ3) is 2.12. The van der Waals surface area contributed by atoms with Gasteiger partial charge in [0.15, 0.2) is 5.78 Å². The molecule has 16 heavy (non-hydrogen) atoms. The lowest BCUT2D eigenvalue weighted by Crippen LogP contribution is -2.01. The molecule has 0 amide bonds. The number of nitrogens with zero attached hydrogens (tertiary/aromatic N) is 1. The molecule has 0 aliphatic rings. The Bertz CT molecular complexity index is 523. The Labute approximate surface area is 98.9 Å². The van der Waals surface area contributed by atoms with Crippen LogP contribution in [0.4, 0.5) is 0 Å². The molecule has 0 saturated heterocycles. The van der Waals surface area contributed by atoms with Gasteiger partial charge in [-0.3, -0.25) is 9.78 Å². The second kappa shape index (κ2) is 4.45. The number of benzene rings is 1. The maximum Gasteiger partial charge on any atom is 0.193 e. The molecule has 1 aromatic heterocycles. The molecule has 2 aromatic rings. The standard InChI is InChI=1S/C13H10ClNO/c1-9-2-3-11(8-12(9)14)13(16)10-4-6-15-7-5-10/h2-8H,1H3. The number of ketones is 1. The lowest BCUT2D eigenvalue weighted by atomic mass is 10.0. The van der Waals surface area contributed by atoms with Gasteiger partial charge >= 0.3 is 0 Å². The monoisotopic (exact) mass is 231 g/mol. The summed E-state index contributed by atoms with van der Waals surface area (Å²) in [5.41, 5.74) is 2.18. The molecule has 3 heteroatoms. The summed E-state index contributed by atoms with van der Waals surface area (Å²) in [5, 5.41) is 0.611. The molecule has 0 bridgehead atoms. The second-order valence-electron chi connectivity index (χ2n) is 3.53. The molecule has 1 aromatic carbocycles. The van der Waals surface area contributed by atoms with Gasteiger partial charge in [-0.15, -0.1) is 0 Å². The summed E-state index contributed by atoms with van der Waals surface area (Å²) in [4.78, 5) is 15.9. The number of carbonyl (C=O) groups is 1. The molecule has 80 valence electrons. The molecular formula is C13H10ClNO. The highest BCUT2D eigenvalue weighted by Crippen LogP contribution is 2.18. The first-order valence-electron chi connectivity index (χ1n) is 4.89. The van der Waals surface area contributed by atoms with Crippen molar-refractivity contribution in [3.05, 3.63) is 64.4 Å². The maximum atomic E-state index is 12.0. The van der Waals surface area contributed by atoms with Crippen LogP contribution in [0.1, 0.15) is 21.5 Å². The van der Waals surface area contributed by atoms with Crippen molar-refractivity contribution in [1.29, 1.82) is 0 Å². The minimum Gasteiger partial charge on any atom is -0.289 e. The van der Waals surface area contributed by atoms with Crippen LogP contribution < -0.4 is 0 Å². The molecule has 0 aliphatic heterocycles. The van der Waals surface area contributed by atoms with E-state index in [4.69, 9.17) is 11.6 Å². The first kappa shape index (κ1) is 10.8. The second-order valence-corrected chi connectivity index (χ2v) is 3.94. The van der Waals surface area contributed by atoms with Crippen LogP contribution in [0.15, 0.2) is 42.7 Å². The lowest BCUT2D eigenvalue weighted by Gasteiger charge is -2.03. The van der Waals surface area contributed by atoms with Crippen molar-refractivity contribution in [3.63, 3.8) is 0 Å². The summed E-state index contributed by atoms with van der Waals surface area (Å²) in [5.74, 6) is -0.0377. The van der Waals surface area contributed by atoms with Crippen molar-refractivity contribution in [2.24, 2.45) is 0 Å². The molecule has 0 unspecified atom stereocenters. The van der Waals surface area contributed by atoms with Crippen LogP contribution >= 0.6 is 11.6 Å². The van der Waals surface area contributed by atoms with Crippen molar-refractivity contribution < 1.29 is 4.79 Å². The number of hydrogen-bond acceptors (Lipinski definition) is 2. The van der Waals surface area contributed by atoms with Gasteiger partial charge in [0.05, 0.1) is 0 Å². The molecular weight excluding hydrogens is 222 g/mol. The molecule has 1 heterocycles. The summed E-state index contributed by atoms with van der Waals surface area (Å²) >= 11 is 5.98. The van der Waals surface area contributed by atoms with E-state index in [1.54, 1.807) is 36.7 Å². The Morgan fingerprint density at radius 1 is 1.12 bits per heavy atom. The van der Waals surface area contributed by atoms with Gasteiger partial charge in [0.2, 0.25) is 0 Å². The zero-order chi connectivity index (χ0) is 11.5. The molecule has 0 fully saturated rings. The van der Waals surface area contributed by atoms with Crippen LogP contribution in [0.5, 0.6) is 0 Å². The molecule has 0 saturated carbocycles. The molecule has 0 radical (unpaired) electrons. The van der Waals surface area contributed by atoms with Crippen molar-refractivity contribution in [3.8, 4) is 0 Å². The lowest BCUT2D eigenvalue weighted by molar-refractivity contribution is 0.103. The summed E-state index contributed by atoms with van der Waals surface area (Å²) in [6.45, 7) is 1.91. The number of hydrogen-bond donors (Lipinski definition) is 0. The van der Waals surface area contributed by atoms with E-state index in [0.717, 1.165) is 5.56 Å². The predicted octanol–water partition coefficient (Wildman–Crippen LogP) is 3.27. The van der Waals surface area contributed by atoms with Crippen molar-refractivity contribution in [2.75, 3.05) is 0 Å². The van der Waals surface area contributed by atoms with Crippen LogP contribution in [-0.4, -0.2) is 10.8 Å². The molecule has 2 rings (SSSR count). The van der Waals surface area contributed by atoms with E-state index in [9.17, 15) is 4.79 Å². The van der Waals surface area contributed by atoms with E-state index in [1.807, 2.05) is 13.0 Å². The highest BCUT2D eigenvalue weighted by Gasteiger charge is 2.09. The van der Waals surface area contributed by atoms with Crippen LogP contribution in [0.3, 0.4) is 0 Å². The zero-order valence-electron chi connectivity index (χ0n) is 8.77. The van der Waals surface area contributed by atoms with Crippen LogP contribution in [0, 0.1) is 6.92 Å². The Hall–Kier alpha value is -1.67. The summed E-state index contributed by atoms with van der Waals surface area (Å²) in [6, 6.07) is 8.70. The van der Waals surface area contributed by atoms with Crippen molar-refractivity contribution in [1.82, 2.24) is 4.98 Å². The minimum absolute atomic E-state index is 0.0377. The topological polar surface area (TPSA) is 30.0 Å². The number of aryl methyl sites for hydroxylation is 1. The summed E-state index contributed by atoms with van der Waals surface area (Å²) in [6.07, 6.45) is 3.20. The van der Waals surface area contributed by atoms with Gasteiger partial charge in [-0.1, -0.05) is 23.7 Å². The maximum absolute atomic E-state index is 12.0. The third-order valence-electron chi connectivity index (χ3n) is 2.38. The van der Waals surface area contributed by atoms with Gasteiger partial charge in [-0.05, 0) is 30.7 Å². The van der Waals surface area contributed by atoms with Crippen LogP contribution in [0.25, 0.3) is 0 Å². The molecule has 2 nitrogen and oxygen atoms in total. The van der Waals surface area contributed by atoms with E-state index in [-0.39, 0.29) is 5.78 Å². The van der Waals surface area contributed by atoms with E-state index in [0.29, 0.717) is 16.1 Å². The average molecular weight is 232 g/mol. The number of pyridine rings is 1. The van der Waals surface area contributed by atoms with Gasteiger partial charge < -0.3 is 0 Å². The van der Waals surface area contributed by atoms with E-state index < -0.39 is 0 Å². The SMILES string of the molecule is Cc1ccc(C(=O)c2ccncc2)cc1Cl. The molecule has 0 N–H and O–H groups in total. The fourth-order valence-electron chi connectivity index (χ4n) is 1.40. The molecule has 0 spiro atoms. The van der Waals surface area contributed by atoms with Gasteiger partial charge in [0, 0.05) is 28.5 Å². The quantitative estimate of drug-likeness (QED) is 0.743. The fraction of sp³-hybridized carbons (Fsp3) is 0.0769. The Balaban J connectivity index is 2.39. The third-order valence-corrected chi connectivity index (χ3v) is 2.78. The number of halogens is 1.